The van der Waals surface area contributed by atoms with Gasteiger partial charge in [-0.3, -0.25) is 0 Å². The number of rotatable bonds is 6. The Morgan fingerprint density at radius 2 is 0.855 bits per heavy atom. The Balaban J connectivity index is 0.992. The largest absolute Gasteiger partial charge is 0.457 e. The van der Waals surface area contributed by atoms with Crippen LogP contribution in [0.2, 0.25) is 0 Å². The van der Waals surface area contributed by atoms with Gasteiger partial charge in [-0.05, 0) is 93.0 Å². The summed E-state index contributed by atoms with van der Waals surface area (Å²) in [7, 11) is 0. The minimum Gasteiger partial charge on any atom is -0.457 e. The molecule has 2 heterocycles. The van der Waals surface area contributed by atoms with E-state index < -0.39 is 5.41 Å². The Bertz CT molecular complexity index is 3150. The Morgan fingerprint density at radius 3 is 1.53 bits per heavy atom. The van der Waals surface area contributed by atoms with Crippen LogP contribution in [0.3, 0.4) is 0 Å². The monoisotopic (exact) mass is 792 g/mol. The third kappa shape index (κ3) is 5.89. The smallest absolute Gasteiger partial charge is 0.160 e. The second-order valence-corrected chi connectivity index (χ2v) is 16.5. The molecule has 9 aromatic rings. The number of nitrogens with zero attached hydrogens (tertiary/aromatic N) is 2. The summed E-state index contributed by atoms with van der Waals surface area (Å²) in [6.45, 7) is 0. The van der Waals surface area contributed by atoms with Crippen molar-refractivity contribution in [1.29, 1.82) is 0 Å². The van der Waals surface area contributed by atoms with Crippen molar-refractivity contribution in [3.63, 3.8) is 0 Å². The average Bonchev–Trinajstić information content (AvgIpc) is 3.65. The Kier molecular flexibility index (Phi) is 8.53. The van der Waals surface area contributed by atoms with E-state index in [1.54, 1.807) is 0 Å². The molecular formula is C59H40N2O. The van der Waals surface area contributed by atoms with Crippen LogP contribution in [-0.2, 0) is 5.41 Å². The molecule has 8 aromatic carbocycles. The second-order valence-electron chi connectivity index (χ2n) is 16.5. The maximum atomic E-state index is 6.77. The quantitative estimate of drug-likeness (QED) is 0.168. The van der Waals surface area contributed by atoms with E-state index in [0.717, 1.165) is 56.3 Å². The third-order valence-electron chi connectivity index (χ3n) is 13.0. The van der Waals surface area contributed by atoms with Gasteiger partial charge in [0.05, 0.1) is 16.8 Å². The molecule has 62 heavy (non-hydrogen) atoms. The van der Waals surface area contributed by atoms with Crippen molar-refractivity contribution < 1.29 is 4.74 Å². The first-order valence-electron chi connectivity index (χ1n) is 21.4. The number of ether oxygens (including phenoxy) is 1. The number of hydrogen-bond acceptors (Lipinski definition) is 3. The molecule has 0 N–H and O–H groups in total. The summed E-state index contributed by atoms with van der Waals surface area (Å²) in [5, 5.41) is 0. The molecule has 3 unspecified atom stereocenters. The van der Waals surface area contributed by atoms with Gasteiger partial charge in [-0.2, -0.15) is 0 Å². The predicted octanol–water partition coefficient (Wildman–Crippen LogP) is 14.8. The second kappa shape index (κ2) is 14.7. The average molecular weight is 793 g/mol. The molecule has 3 aliphatic rings. The highest BCUT2D eigenvalue weighted by Gasteiger charge is 2.56. The zero-order valence-corrected chi connectivity index (χ0v) is 33.9. The molecular weight excluding hydrogens is 753 g/mol. The zero-order valence-electron chi connectivity index (χ0n) is 33.9. The van der Waals surface area contributed by atoms with Crippen LogP contribution in [0.5, 0.6) is 11.5 Å². The molecule has 0 fully saturated rings. The zero-order chi connectivity index (χ0) is 41.0. The van der Waals surface area contributed by atoms with Crippen LogP contribution in [-0.4, -0.2) is 9.97 Å². The first-order chi connectivity index (χ1) is 30.7. The van der Waals surface area contributed by atoms with Gasteiger partial charge in [0.25, 0.3) is 0 Å². The molecule has 12 rings (SSSR count). The molecule has 0 bridgehead atoms. The van der Waals surface area contributed by atoms with Crippen LogP contribution in [0.1, 0.15) is 28.2 Å². The summed E-state index contributed by atoms with van der Waals surface area (Å²) >= 11 is 0. The van der Waals surface area contributed by atoms with Crippen molar-refractivity contribution in [2.24, 2.45) is 5.92 Å². The molecule has 292 valence electrons. The van der Waals surface area contributed by atoms with E-state index in [0.29, 0.717) is 5.82 Å². The Morgan fingerprint density at radius 1 is 0.355 bits per heavy atom. The van der Waals surface area contributed by atoms with Crippen molar-refractivity contribution in [3.8, 4) is 78.8 Å². The van der Waals surface area contributed by atoms with Gasteiger partial charge in [0, 0.05) is 39.7 Å². The van der Waals surface area contributed by atoms with Crippen LogP contribution in [0.4, 0.5) is 0 Å². The fourth-order valence-corrected chi connectivity index (χ4v) is 10.2. The lowest BCUT2D eigenvalue weighted by atomic mass is 9.61. The van der Waals surface area contributed by atoms with Crippen molar-refractivity contribution in [3.05, 3.63) is 253 Å². The number of fused-ring (bicyclic) bond motifs is 9. The predicted molar refractivity (Wildman–Crippen MR) is 252 cm³/mol. The van der Waals surface area contributed by atoms with E-state index in [-0.39, 0.29) is 11.8 Å². The molecule has 1 aromatic heterocycles. The summed E-state index contributed by atoms with van der Waals surface area (Å²) in [6, 6.07) is 73.6. The van der Waals surface area contributed by atoms with Gasteiger partial charge in [-0.1, -0.05) is 182 Å². The first kappa shape index (κ1) is 36.0. The summed E-state index contributed by atoms with van der Waals surface area (Å²) in [5.41, 5.74) is 16.4. The third-order valence-corrected chi connectivity index (χ3v) is 13.0. The number of allylic oxidation sites excluding steroid dienone is 4. The Labute approximate surface area is 362 Å². The van der Waals surface area contributed by atoms with E-state index in [1.165, 1.54) is 38.9 Å². The lowest BCUT2D eigenvalue weighted by Gasteiger charge is -2.43. The molecule has 0 saturated heterocycles. The van der Waals surface area contributed by atoms with Crippen LogP contribution in [0.25, 0.3) is 67.3 Å². The van der Waals surface area contributed by atoms with Gasteiger partial charge in [-0.15, -0.1) is 0 Å². The van der Waals surface area contributed by atoms with Crippen LogP contribution in [0, 0.1) is 5.92 Å². The number of para-hydroxylation sites is 1. The molecule has 0 radical (unpaired) electrons. The fraction of sp³-hybridized carbons (Fsp3) is 0.0508. The lowest BCUT2D eigenvalue weighted by molar-refractivity contribution is 0.374. The summed E-state index contributed by atoms with van der Waals surface area (Å²) in [5.74, 6) is 2.91. The topological polar surface area (TPSA) is 35.0 Å². The highest BCUT2D eigenvalue weighted by Crippen LogP contribution is 2.64. The molecule has 0 saturated carbocycles. The molecule has 3 heteroatoms. The van der Waals surface area contributed by atoms with Crippen LogP contribution >= 0.6 is 0 Å². The maximum Gasteiger partial charge on any atom is 0.160 e. The Hall–Kier alpha value is -7.88. The molecule has 2 aliphatic carbocycles. The minimum atomic E-state index is -0.450. The molecule has 1 spiro atoms. The molecule has 3 nitrogen and oxygen atoms in total. The van der Waals surface area contributed by atoms with Crippen molar-refractivity contribution >= 4 is 0 Å². The number of benzene rings is 8. The van der Waals surface area contributed by atoms with Crippen molar-refractivity contribution in [2.45, 2.75) is 11.3 Å². The van der Waals surface area contributed by atoms with E-state index in [9.17, 15) is 0 Å². The van der Waals surface area contributed by atoms with E-state index in [1.807, 2.05) is 18.2 Å². The highest BCUT2D eigenvalue weighted by atomic mass is 16.5. The number of aromatic nitrogens is 2. The van der Waals surface area contributed by atoms with Crippen molar-refractivity contribution in [2.75, 3.05) is 0 Å². The SMILES string of the molecule is C1=CC2c3ccccc3C3(c4ccccc4Oc4ccc(-c5cc(-c6ccc(-c7cc(-c8ccccc8)cc(-c8ccccc8)c7)cc6)nc(-c6ccccc6)n5)cc43)C2C=C1. The maximum absolute atomic E-state index is 6.77. The van der Waals surface area contributed by atoms with Crippen LogP contribution < -0.4 is 4.74 Å². The highest BCUT2D eigenvalue weighted by molar-refractivity contribution is 5.83. The standard InChI is InChI=1S/C59H40N2O/c1-4-16-39(17-5-1)45-34-46(40-18-6-2-7-19-40)36-47(35-45)41-28-30-42(31-29-41)54-38-55(61-58(60-54)43-20-8-3-9-21-43)44-32-33-57-53(37-44)59(52-26-14-15-27-56(52)62-57)50-24-12-10-22-48(50)49-23-11-13-25-51(49)59/h1-38,48,50H. The van der Waals surface area contributed by atoms with Crippen molar-refractivity contribution in [1.82, 2.24) is 9.97 Å². The van der Waals surface area contributed by atoms with Gasteiger partial charge >= 0.3 is 0 Å². The van der Waals surface area contributed by atoms with Gasteiger partial charge < -0.3 is 4.74 Å². The number of hydrogen-bond donors (Lipinski definition) is 0. The lowest BCUT2D eigenvalue weighted by Crippen LogP contribution is -2.37. The molecule has 0 amide bonds. The van der Waals surface area contributed by atoms with Gasteiger partial charge in [-0.25, -0.2) is 9.97 Å². The molecule has 1 aliphatic heterocycles. The normalized spacial score (nSPS) is 17.7. The first-order valence-corrected chi connectivity index (χ1v) is 21.4. The van der Waals surface area contributed by atoms with E-state index in [2.05, 4.69) is 212 Å². The van der Waals surface area contributed by atoms with E-state index >= 15 is 0 Å². The summed E-state index contributed by atoms with van der Waals surface area (Å²) in [4.78, 5) is 10.5. The summed E-state index contributed by atoms with van der Waals surface area (Å²) in [6.07, 6.45) is 9.19. The van der Waals surface area contributed by atoms with Crippen LogP contribution in [0.15, 0.2) is 231 Å². The van der Waals surface area contributed by atoms with E-state index in [4.69, 9.17) is 14.7 Å². The van der Waals surface area contributed by atoms with Gasteiger partial charge in [0.2, 0.25) is 0 Å². The molecule has 3 atom stereocenters. The van der Waals surface area contributed by atoms with Gasteiger partial charge in [0.1, 0.15) is 11.5 Å². The minimum absolute atomic E-state index is 0.181. The fourth-order valence-electron chi connectivity index (χ4n) is 10.2. The van der Waals surface area contributed by atoms with Gasteiger partial charge in [0.15, 0.2) is 5.82 Å². The summed E-state index contributed by atoms with van der Waals surface area (Å²) < 4.78 is 6.77.